The van der Waals surface area contributed by atoms with Gasteiger partial charge >= 0.3 is 0 Å². The summed E-state index contributed by atoms with van der Waals surface area (Å²) in [7, 11) is 0. The first kappa shape index (κ1) is 17.9. The van der Waals surface area contributed by atoms with Crippen LogP contribution in [-0.2, 0) is 24.4 Å². The van der Waals surface area contributed by atoms with Gasteiger partial charge in [-0.1, -0.05) is 31.2 Å². The summed E-state index contributed by atoms with van der Waals surface area (Å²) in [5, 5.41) is 6.92. The second kappa shape index (κ2) is 8.98. The maximum atomic E-state index is 12.2. The van der Waals surface area contributed by atoms with Crippen LogP contribution in [0.5, 0.6) is 0 Å². The van der Waals surface area contributed by atoms with Gasteiger partial charge in [0.25, 0.3) is 11.5 Å². The van der Waals surface area contributed by atoms with Crippen LogP contribution in [0.3, 0.4) is 0 Å². The molecule has 1 heterocycles. The maximum Gasteiger partial charge on any atom is 0.271 e. The number of aromatic nitrogens is 2. The number of amides is 1. The van der Waals surface area contributed by atoms with Gasteiger partial charge in [-0.3, -0.25) is 9.59 Å². The molecule has 1 amide bonds. The van der Waals surface area contributed by atoms with Gasteiger partial charge in [-0.2, -0.15) is 5.10 Å². The highest BCUT2D eigenvalue weighted by Gasteiger charge is 2.09. The van der Waals surface area contributed by atoms with Crippen molar-refractivity contribution in [2.75, 3.05) is 6.61 Å². The summed E-state index contributed by atoms with van der Waals surface area (Å²) in [6.07, 6.45) is 0.784. The van der Waals surface area contributed by atoms with Gasteiger partial charge in [-0.15, -0.1) is 0 Å². The fraction of sp³-hybridized carbons (Fsp3) is 0.389. The second-order valence-corrected chi connectivity index (χ2v) is 5.42. The minimum atomic E-state index is -0.293. The van der Waals surface area contributed by atoms with Gasteiger partial charge in [0.2, 0.25) is 0 Å². The van der Waals surface area contributed by atoms with Crippen molar-refractivity contribution in [3.05, 3.63) is 63.6 Å². The molecular formula is C18H23N3O3. The van der Waals surface area contributed by atoms with E-state index in [2.05, 4.69) is 10.4 Å². The van der Waals surface area contributed by atoms with E-state index in [1.54, 1.807) is 0 Å². The molecule has 0 bridgehead atoms. The lowest BCUT2D eigenvalue weighted by Gasteiger charge is -2.08. The third-order valence-corrected chi connectivity index (χ3v) is 3.48. The van der Waals surface area contributed by atoms with Gasteiger partial charge in [-0.05, 0) is 30.5 Å². The zero-order valence-corrected chi connectivity index (χ0v) is 14.1. The third kappa shape index (κ3) is 5.03. The van der Waals surface area contributed by atoms with E-state index in [-0.39, 0.29) is 17.2 Å². The summed E-state index contributed by atoms with van der Waals surface area (Å²) in [6.45, 7) is 6.10. The molecule has 6 heteroatoms. The Balaban J connectivity index is 1.95. The van der Waals surface area contributed by atoms with Gasteiger partial charge in [0, 0.05) is 25.8 Å². The Hall–Kier alpha value is -2.47. The Kier molecular flexibility index (Phi) is 6.69. The van der Waals surface area contributed by atoms with Crippen LogP contribution >= 0.6 is 0 Å². The molecule has 128 valence electrons. The third-order valence-electron chi connectivity index (χ3n) is 3.48. The fourth-order valence-electron chi connectivity index (χ4n) is 2.19. The summed E-state index contributed by atoms with van der Waals surface area (Å²) in [5.74, 6) is -0.293. The van der Waals surface area contributed by atoms with Gasteiger partial charge in [-0.25, -0.2) is 4.68 Å². The zero-order valence-electron chi connectivity index (χ0n) is 14.1. The van der Waals surface area contributed by atoms with Crippen molar-refractivity contribution in [1.82, 2.24) is 15.1 Å². The van der Waals surface area contributed by atoms with Crippen LogP contribution in [0, 0.1) is 0 Å². The van der Waals surface area contributed by atoms with Crippen LogP contribution in [-0.4, -0.2) is 22.3 Å². The predicted molar refractivity (Wildman–Crippen MR) is 91.7 cm³/mol. The highest BCUT2D eigenvalue weighted by Crippen LogP contribution is 2.06. The molecule has 2 aromatic rings. The van der Waals surface area contributed by atoms with E-state index in [1.165, 1.54) is 16.8 Å². The number of carbonyl (C=O) groups excluding carboxylic acids is 1. The SMILES string of the molecule is CCCn1nc(C(=O)NCc2ccc(COCC)cc2)ccc1=O. The van der Waals surface area contributed by atoms with E-state index < -0.39 is 0 Å². The van der Waals surface area contributed by atoms with E-state index >= 15 is 0 Å². The van der Waals surface area contributed by atoms with Crippen LogP contribution in [0.1, 0.15) is 41.9 Å². The zero-order chi connectivity index (χ0) is 17.4. The first-order chi connectivity index (χ1) is 11.6. The number of ether oxygens (including phenoxy) is 1. The van der Waals surface area contributed by atoms with Crippen LogP contribution in [0.2, 0.25) is 0 Å². The first-order valence-corrected chi connectivity index (χ1v) is 8.16. The van der Waals surface area contributed by atoms with Crippen molar-refractivity contribution >= 4 is 5.91 Å². The lowest BCUT2D eigenvalue weighted by atomic mass is 10.1. The summed E-state index contributed by atoms with van der Waals surface area (Å²) in [4.78, 5) is 23.8. The molecule has 24 heavy (non-hydrogen) atoms. The lowest BCUT2D eigenvalue weighted by Crippen LogP contribution is -2.29. The molecule has 0 atom stereocenters. The van der Waals surface area contributed by atoms with Gasteiger partial charge in [0.15, 0.2) is 0 Å². The summed E-state index contributed by atoms with van der Waals surface area (Å²) in [5.41, 5.74) is 2.14. The number of hydrogen-bond donors (Lipinski definition) is 1. The summed E-state index contributed by atoms with van der Waals surface area (Å²) >= 11 is 0. The normalized spacial score (nSPS) is 10.6. The molecule has 0 fully saturated rings. The molecule has 1 aromatic carbocycles. The highest BCUT2D eigenvalue weighted by atomic mass is 16.5. The topological polar surface area (TPSA) is 73.2 Å². The molecule has 0 saturated carbocycles. The van der Waals surface area contributed by atoms with Crippen molar-refractivity contribution in [3.63, 3.8) is 0 Å². The molecule has 0 aliphatic rings. The Labute approximate surface area is 141 Å². The lowest BCUT2D eigenvalue weighted by molar-refractivity contribution is 0.0943. The van der Waals surface area contributed by atoms with Crippen molar-refractivity contribution in [2.24, 2.45) is 0 Å². The van der Waals surface area contributed by atoms with E-state index in [0.717, 1.165) is 17.5 Å². The second-order valence-electron chi connectivity index (χ2n) is 5.42. The molecule has 0 saturated heterocycles. The molecule has 6 nitrogen and oxygen atoms in total. The number of aryl methyl sites for hydroxylation is 1. The number of hydrogen-bond acceptors (Lipinski definition) is 4. The largest absolute Gasteiger partial charge is 0.377 e. The predicted octanol–water partition coefficient (Wildman–Crippen LogP) is 2.12. The van der Waals surface area contributed by atoms with E-state index in [1.807, 2.05) is 38.1 Å². The van der Waals surface area contributed by atoms with Crippen LogP contribution in [0.25, 0.3) is 0 Å². The van der Waals surface area contributed by atoms with Crippen LogP contribution in [0.4, 0.5) is 0 Å². The molecule has 0 aliphatic carbocycles. The van der Waals surface area contributed by atoms with Crippen molar-refractivity contribution in [1.29, 1.82) is 0 Å². The quantitative estimate of drug-likeness (QED) is 0.805. The Morgan fingerprint density at radius 3 is 2.50 bits per heavy atom. The monoisotopic (exact) mass is 329 g/mol. The minimum absolute atomic E-state index is 0.196. The van der Waals surface area contributed by atoms with Crippen molar-refractivity contribution in [3.8, 4) is 0 Å². The minimum Gasteiger partial charge on any atom is -0.377 e. The van der Waals surface area contributed by atoms with E-state index in [0.29, 0.717) is 26.3 Å². The Bertz CT molecular complexity index is 723. The summed E-state index contributed by atoms with van der Waals surface area (Å²) in [6, 6.07) is 10.7. The van der Waals surface area contributed by atoms with Gasteiger partial charge < -0.3 is 10.1 Å². The van der Waals surface area contributed by atoms with Gasteiger partial charge in [0.1, 0.15) is 5.69 Å². The summed E-state index contributed by atoms with van der Waals surface area (Å²) < 4.78 is 6.67. The van der Waals surface area contributed by atoms with Gasteiger partial charge in [0.05, 0.1) is 6.61 Å². The number of carbonyl (C=O) groups is 1. The standard InChI is InChI=1S/C18H23N3O3/c1-3-11-21-17(22)10-9-16(20-21)18(23)19-12-14-5-7-15(8-6-14)13-24-4-2/h5-10H,3-4,11-13H2,1-2H3,(H,19,23). The first-order valence-electron chi connectivity index (χ1n) is 8.16. The van der Waals surface area contributed by atoms with Crippen molar-refractivity contribution in [2.45, 2.75) is 40.0 Å². The average Bonchev–Trinajstić information content (AvgIpc) is 2.61. The van der Waals surface area contributed by atoms with E-state index in [4.69, 9.17) is 4.74 Å². The molecular weight excluding hydrogens is 306 g/mol. The molecule has 1 aromatic heterocycles. The Morgan fingerprint density at radius 1 is 1.12 bits per heavy atom. The molecule has 1 N–H and O–H groups in total. The smallest absolute Gasteiger partial charge is 0.271 e. The number of benzene rings is 1. The molecule has 0 aliphatic heterocycles. The highest BCUT2D eigenvalue weighted by molar-refractivity contribution is 5.91. The number of nitrogens with one attached hydrogen (secondary N) is 1. The number of rotatable bonds is 8. The van der Waals surface area contributed by atoms with Crippen molar-refractivity contribution < 1.29 is 9.53 Å². The van der Waals surface area contributed by atoms with E-state index in [9.17, 15) is 9.59 Å². The Morgan fingerprint density at radius 2 is 1.83 bits per heavy atom. The molecule has 0 spiro atoms. The fourth-order valence-corrected chi connectivity index (χ4v) is 2.19. The van der Waals surface area contributed by atoms with Crippen LogP contribution < -0.4 is 10.9 Å². The molecule has 2 rings (SSSR count). The average molecular weight is 329 g/mol. The molecule has 0 unspecified atom stereocenters. The number of nitrogens with zero attached hydrogens (tertiary/aromatic N) is 2. The molecule has 0 radical (unpaired) electrons. The van der Waals surface area contributed by atoms with Crippen LogP contribution in [0.15, 0.2) is 41.2 Å². The maximum absolute atomic E-state index is 12.2.